The van der Waals surface area contributed by atoms with Gasteiger partial charge in [0.1, 0.15) is 5.03 Å². The van der Waals surface area contributed by atoms with Crippen LogP contribution in [0.3, 0.4) is 0 Å². The van der Waals surface area contributed by atoms with E-state index in [9.17, 15) is 4.79 Å². The Kier molecular flexibility index (Phi) is 5.82. The Morgan fingerprint density at radius 1 is 1.00 bits per heavy atom. The fourth-order valence-corrected chi connectivity index (χ4v) is 4.07. The average molecular weight is 392 g/mol. The molecule has 142 valence electrons. The Bertz CT molecular complexity index is 914. The number of nitrogens with zero attached hydrogens (tertiary/aromatic N) is 4. The lowest BCUT2D eigenvalue weighted by Crippen LogP contribution is -2.42. The van der Waals surface area contributed by atoms with Gasteiger partial charge >= 0.3 is 0 Å². The van der Waals surface area contributed by atoms with Crippen LogP contribution in [-0.4, -0.2) is 44.9 Å². The standard InChI is InChI=1S/C21H21N5OS/c27-21(19-20(24-12-11-23-19)28-18-6-2-1-3-7-18)26-13-8-16(9-14-26)25-17-5-4-10-22-15-17/h1-7,10-12,15-16,25H,8-9,13-14H2. The van der Waals surface area contributed by atoms with E-state index in [2.05, 4.69) is 20.3 Å². The summed E-state index contributed by atoms with van der Waals surface area (Å²) in [6.07, 6.45) is 8.58. The van der Waals surface area contributed by atoms with Gasteiger partial charge < -0.3 is 10.2 Å². The topological polar surface area (TPSA) is 71.0 Å². The minimum absolute atomic E-state index is 0.0497. The molecular weight excluding hydrogens is 370 g/mol. The fourth-order valence-electron chi connectivity index (χ4n) is 3.21. The van der Waals surface area contributed by atoms with Crippen molar-refractivity contribution in [3.05, 3.63) is 72.9 Å². The number of carbonyl (C=O) groups is 1. The Labute approximate surface area is 168 Å². The summed E-state index contributed by atoms with van der Waals surface area (Å²) in [7, 11) is 0. The minimum Gasteiger partial charge on any atom is -0.381 e. The van der Waals surface area contributed by atoms with Gasteiger partial charge in [0.2, 0.25) is 0 Å². The Hall–Kier alpha value is -2.93. The summed E-state index contributed by atoms with van der Waals surface area (Å²) < 4.78 is 0. The van der Waals surface area contributed by atoms with Gasteiger partial charge in [-0.1, -0.05) is 30.0 Å². The number of aromatic nitrogens is 3. The van der Waals surface area contributed by atoms with Gasteiger partial charge in [0, 0.05) is 48.8 Å². The van der Waals surface area contributed by atoms with Crippen molar-refractivity contribution in [2.45, 2.75) is 28.8 Å². The summed E-state index contributed by atoms with van der Waals surface area (Å²) >= 11 is 1.47. The third kappa shape index (κ3) is 4.48. The second-order valence-electron chi connectivity index (χ2n) is 6.58. The normalized spacial score (nSPS) is 14.6. The van der Waals surface area contributed by atoms with Crippen molar-refractivity contribution in [3.63, 3.8) is 0 Å². The van der Waals surface area contributed by atoms with Crippen LogP contribution in [0.25, 0.3) is 0 Å². The van der Waals surface area contributed by atoms with E-state index in [1.54, 1.807) is 18.6 Å². The van der Waals surface area contributed by atoms with Crippen LogP contribution in [0, 0.1) is 0 Å². The molecule has 0 bridgehead atoms. The number of benzene rings is 1. The van der Waals surface area contributed by atoms with E-state index in [-0.39, 0.29) is 5.91 Å². The molecule has 1 N–H and O–H groups in total. The maximum atomic E-state index is 13.1. The number of carbonyl (C=O) groups excluding carboxylic acids is 1. The quantitative estimate of drug-likeness (QED) is 0.714. The lowest BCUT2D eigenvalue weighted by molar-refractivity contribution is 0.0707. The molecule has 0 atom stereocenters. The lowest BCUT2D eigenvalue weighted by Gasteiger charge is -2.32. The Morgan fingerprint density at radius 2 is 1.79 bits per heavy atom. The molecule has 7 heteroatoms. The van der Waals surface area contributed by atoms with Crippen molar-refractivity contribution < 1.29 is 4.79 Å². The van der Waals surface area contributed by atoms with Gasteiger partial charge in [-0.2, -0.15) is 0 Å². The van der Waals surface area contributed by atoms with Crippen molar-refractivity contribution >= 4 is 23.4 Å². The highest BCUT2D eigenvalue weighted by Crippen LogP contribution is 2.28. The maximum absolute atomic E-state index is 13.1. The van der Waals surface area contributed by atoms with Crippen LogP contribution in [0.2, 0.25) is 0 Å². The van der Waals surface area contributed by atoms with Crippen LogP contribution in [0.1, 0.15) is 23.3 Å². The second kappa shape index (κ2) is 8.84. The van der Waals surface area contributed by atoms with E-state index in [4.69, 9.17) is 0 Å². The number of hydrogen-bond acceptors (Lipinski definition) is 6. The van der Waals surface area contributed by atoms with Crippen LogP contribution in [0.4, 0.5) is 5.69 Å². The predicted octanol–water partition coefficient (Wildman–Crippen LogP) is 3.74. The van der Waals surface area contributed by atoms with Gasteiger partial charge in [-0.15, -0.1) is 0 Å². The molecule has 2 aromatic heterocycles. The number of nitrogens with one attached hydrogen (secondary N) is 1. The summed E-state index contributed by atoms with van der Waals surface area (Å²) in [5, 5.41) is 4.14. The molecule has 1 fully saturated rings. The molecule has 3 heterocycles. The third-order valence-corrected chi connectivity index (χ3v) is 5.64. The summed E-state index contributed by atoms with van der Waals surface area (Å²) in [4.78, 5) is 28.8. The molecule has 1 amide bonds. The van der Waals surface area contributed by atoms with Crippen molar-refractivity contribution in [2.75, 3.05) is 18.4 Å². The molecule has 0 radical (unpaired) electrons. The molecular formula is C21H21N5OS. The smallest absolute Gasteiger partial charge is 0.275 e. The van der Waals surface area contributed by atoms with Crippen LogP contribution in [-0.2, 0) is 0 Å². The van der Waals surface area contributed by atoms with E-state index < -0.39 is 0 Å². The zero-order valence-electron chi connectivity index (χ0n) is 15.4. The molecule has 1 aromatic carbocycles. The van der Waals surface area contributed by atoms with Gasteiger partial charge in [-0.3, -0.25) is 9.78 Å². The van der Waals surface area contributed by atoms with Crippen LogP contribution >= 0.6 is 11.8 Å². The number of anilines is 1. The predicted molar refractivity (Wildman–Crippen MR) is 109 cm³/mol. The van der Waals surface area contributed by atoms with E-state index in [0.29, 0.717) is 29.9 Å². The second-order valence-corrected chi connectivity index (χ2v) is 7.64. The average Bonchev–Trinajstić information content (AvgIpc) is 2.76. The molecule has 0 saturated carbocycles. The largest absolute Gasteiger partial charge is 0.381 e. The summed E-state index contributed by atoms with van der Waals surface area (Å²) in [6.45, 7) is 1.39. The fraction of sp³-hybridized carbons (Fsp3) is 0.238. The molecule has 1 saturated heterocycles. The van der Waals surface area contributed by atoms with E-state index >= 15 is 0 Å². The molecule has 0 unspecified atom stereocenters. The molecule has 1 aliphatic heterocycles. The van der Waals surface area contributed by atoms with Crippen molar-refractivity contribution in [1.29, 1.82) is 0 Å². The number of likely N-dealkylation sites (tertiary alicyclic amines) is 1. The number of pyridine rings is 1. The van der Waals surface area contributed by atoms with Crippen molar-refractivity contribution in [1.82, 2.24) is 19.9 Å². The first-order valence-electron chi connectivity index (χ1n) is 9.29. The van der Waals surface area contributed by atoms with Gasteiger partial charge in [-0.05, 0) is 37.1 Å². The SMILES string of the molecule is O=C(c1nccnc1Sc1ccccc1)N1CCC(Nc2cccnc2)CC1. The number of hydrogen-bond donors (Lipinski definition) is 1. The van der Waals surface area contributed by atoms with Gasteiger partial charge in [0.25, 0.3) is 5.91 Å². The summed E-state index contributed by atoms with van der Waals surface area (Å²) in [5.74, 6) is -0.0497. The summed E-state index contributed by atoms with van der Waals surface area (Å²) in [6, 6.07) is 14.2. The molecule has 6 nitrogen and oxygen atoms in total. The highest BCUT2D eigenvalue weighted by molar-refractivity contribution is 7.99. The van der Waals surface area contributed by atoms with Crippen molar-refractivity contribution in [2.24, 2.45) is 0 Å². The molecule has 4 rings (SSSR count). The monoisotopic (exact) mass is 391 g/mol. The van der Waals surface area contributed by atoms with Crippen molar-refractivity contribution in [3.8, 4) is 0 Å². The third-order valence-electron chi connectivity index (χ3n) is 4.64. The van der Waals surface area contributed by atoms with Gasteiger partial charge in [-0.25, -0.2) is 9.97 Å². The van der Waals surface area contributed by atoms with E-state index in [1.807, 2.05) is 53.6 Å². The Balaban J connectivity index is 1.40. The van der Waals surface area contributed by atoms with Gasteiger partial charge in [0.05, 0.1) is 5.69 Å². The first kappa shape index (κ1) is 18.4. The highest BCUT2D eigenvalue weighted by Gasteiger charge is 2.26. The number of amides is 1. The first-order valence-corrected chi connectivity index (χ1v) is 10.1. The molecule has 28 heavy (non-hydrogen) atoms. The van der Waals surface area contributed by atoms with Crippen LogP contribution < -0.4 is 5.32 Å². The van der Waals surface area contributed by atoms with Crippen LogP contribution in [0.5, 0.6) is 0 Å². The maximum Gasteiger partial charge on any atom is 0.275 e. The molecule has 0 spiro atoms. The molecule has 3 aromatic rings. The van der Waals surface area contributed by atoms with Gasteiger partial charge in [0.15, 0.2) is 5.69 Å². The molecule has 0 aliphatic carbocycles. The van der Waals surface area contributed by atoms with E-state index in [1.165, 1.54) is 11.8 Å². The number of piperidine rings is 1. The minimum atomic E-state index is -0.0497. The van der Waals surface area contributed by atoms with E-state index in [0.717, 1.165) is 23.4 Å². The zero-order valence-corrected chi connectivity index (χ0v) is 16.2. The summed E-state index contributed by atoms with van der Waals surface area (Å²) in [5.41, 5.74) is 1.44. The Morgan fingerprint density at radius 3 is 2.54 bits per heavy atom. The number of rotatable bonds is 5. The molecule has 1 aliphatic rings. The highest BCUT2D eigenvalue weighted by atomic mass is 32.2. The van der Waals surface area contributed by atoms with Crippen LogP contribution in [0.15, 0.2) is 77.2 Å². The lowest BCUT2D eigenvalue weighted by atomic mass is 10.0. The zero-order chi connectivity index (χ0) is 19.2. The first-order chi connectivity index (χ1) is 13.8.